The summed E-state index contributed by atoms with van der Waals surface area (Å²) in [5.41, 5.74) is 2.89. The van der Waals surface area contributed by atoms with Crippen molar-refractivity contribution in [2.45, 2.75) is 62.2 Å². The SMILES string of the molecule is Cc1cc(Nc2cc3ncc(S(C)(=O)=O)cc3c(NC3C[C@H]4CC[C@@H](C3)N4Cc3ccncc3)n2)n[nH]1. The Morgan fingerprint density at radius 1 is 1.08 bits per heavy atom. The van der Waals surface area contributed by atoms with E-state index >= 15 is 0 Å². The van der Waals surface area contributed by atoms with E-state index in [-0.39, 0.29) is 10.9 Å². The van der Waals surface area contributed by atoms with Gasteiger partial charge in [-0.2, -0.15) is 5.10 Å². The molecule has 3 atom stereocenters. The summed E-state index contributed by atoms with van der Waals surface area (Å²) in [7, 11) is -3.40. The van der Waals surface area contributed by atoms with Crippen molar-refractivity contribution in [1.29, 1.82) is 0 Å². The van der Waals surface area contributed by atoms with E-state index in [1.807, 2.05) is 31.5 Å². The molecule has 0 aliphatic carbocycles. The zero-order chi connectivity index (χ0) is 25.6. The highest BCUT2D eigenvalue weighted by atomic mass is 32.2. The second kappa shape index (κ2) is 9.38. The molecule has 10 nitrogen and oxygen atoms in total. The molecule has 2 aliphatic heterocycles. The van der Waals surface area contributed by atoms with Crippen molar-refractivity contribution in [1.82, 2.24) is 30.0 Å². The Morgan fingerprint density at radius 3 is 2.51 bits per heavy atom. The van der Waals surface area contributed by atoms with Crippen LogP contribution in [0.1, 0.15) is 36.9 Å². The number of nitrogens with one attached hydrogen (secondary N) is 3. The van der Waals surface area contributed by atoms with Crippen LogP contribution in [0.3, 0.4) is 0 Å². The van der Waals surface area contributed by atoms with Crippen LogP contribution >= 0.6 is 0 Å². The third-order valence-corrected chi connectivity index (χ3v) is 8.46. The molecule has 4 aromatic rings. The van der Waals surface area contributed by atoms with Gasteiger partial charge in [0, 0.05) is 72.7 Å². The van der Waals surface area contributed by atoms with Gasteiger partial charge in [0.25, 0.3) is 0 Å². The van der Waals surface area contributed by atoms with Crippen LogP contribution in [0.2, 0.25) is 0 Å². The van der Waals surface area contributed by atoms with E-state index < -0.39 is 9.84 Å². The maximum atomic E-state index is 12.3. The van der Waals surface area contributed by atoms with Crippen LogP contribution < -0.4 is 10.6 Å². The lowest BCUT2D eigenvalue weighted by Gasteiger charge is -2.39. The molecule has 192 valence electrons. The number of nitrogens with zero attached hydrogens (tertiary/aromatic N) is 5. The average molecular weight is 519 g/mol. The van der Waals surface area contributed by atoms with Crippen LogP contribution in [-0.2, 0) is 16.4 Å². The molecule has 4 aromatic heterocycles. The molecule has 0 aromatic carbocycles. The second-order valence-corrected chi connectivity index (χ2v) is 12.2. The van der Waals surface area contributed by atoms with Crippen molar-refractivity contribution in [3.63, 3.8) is 0 Å². The minimum absolute atomic E-state index is 0.181. The van der Waals surface area contributed by atoms with Crippen LogP contribution in [0.15, 0.2) is 53.8 Å². The highest BCUT2D eigenvalue weighted by molar-refractivity contribution is 7.90. The number of rotatable bonds is 7. The third-order valence-electron chi connectivity index (χ3n) is 7.38. The predicted octanol–water partition coefficient (Wildman–Crippen LogP) is 3.81. The van der Waals surface area contributed by atoms with Gasteiger partial charge < -0.3 is 10.6 Å². The number of anilines is 3. The number of hydrogen-bond donors (Lipinski definition) is 3. The van der Waals surface area contributed by atoms with E-state index in [2.05, 4.69) is 47.8 Å². The number of hydrogen-bond acceptors (Lipinski definition) is 9. The van der Waals surface area contributed by atoms with Crippen molar-refractivity contribution >= 4 is 38.2 Å². The zero-order valence-corrected chi connectivity index (χ0v) is 21.7. The van der Waals surface area contributed by atoms with Crippen molar-refractivity contribution in [2.75, 3.05) is 16.9 Å². The van der Waals surface area contributed by atoms with Crippen molar-refractivity contribution in [2.24, 2.45) is 0 Å². The fourth-order valence-electron chi connectivity index (χ4n) is 5.64. The van der Waals surface area contributed by atoms with Crippen LogP contribution in [0.25, 0.3) is 10.9 Å². The van der Waals surface area contributed by atoms with E-state index in [1.54, 1.807) is 6.07 Å². The normalized spacial score (nSPS) is 21.8. The lowest BCUT2D eigenvalue weighted by Crippen LogP contribution is -2.46. The fourth-order valence-corrected chi connectivity index (χ4v) is 6.21. The summed E-state index contributed by atoms with van der Waals surface area (Å²) in [6.07, 6.45) is 10.7. The number of piperidine rings is 1. The topological polar surface area (TPSA) is 129 Å². The van der Waals surface area contributed by atoms with E-state index in [0.29, 0.717) is 40.4 Å². The first-order valence-corrected chi connectivity index (χ1v) is 14.4. The predicted molar refractivity (Wildman–Crippen MR) is 142 cm³/mol. The van der Waals surface area contributed by atoms with Crippen molar-refractivity contribution in [3.05, 3.63) is 60.2 Å². The maximum Gasteiger partial charge on any atom is 0.177 e. The number of H-pyrrole nitrogens is 1. The summed E-state index contributed by atoms with van der Waals surface area (Å²) in [6.45, 7) is 2.87. The second-order valence-electron chi connectivity index (χ2n) is 10.2. The molecule has 2 fully saturated rings. The summed E-state index contributed by atoms with van der Waals surface area (Å²) in [5.74, 6) is 1.89. The monoisotopic (exact) mass is 518 g/mol. The molecule has 2 aliphatic rings. The molecule has 0 saturated carbocycles. The Bertz CT molecular complexity index is 1520. The molecule has 0 spiro atoms. The van der Waals surface area contributed by atoms with Gasteiger partial charge in [-0.15, -0.1) is 0 Å². The molecule has 1 unspecified atom stereocenters. The standard InChI is InChI=1S/C26H30N8O2S/c1-16-9-25(33-32-16)30-24-13-23-22(12-21(14-28-23)37(2,35)36)26(31-24)29-18-10-19-3-4-20(11-18)34(19)15-17-5-7-27-8-6-17/h5-9,12-14,18-20H,3-4,10-11,15H2,1-2H3,(H3,29,30,31,32,33)/t18?,19-,20+. The lowest BCUT2D eigenvalue weighted by atomic mass is 9.96. The molecule has 2 bridgehead atoms. The number of aromatic amines is 1. The van der Waals surface area contributed by atoms with Gasteiger partial charge >= 0.3 is 0 Å². The van der Waals surface area contributed by atoms with Gasteiger partial charge in [0.2, 0.25) is 0 Å². The zero-order valence-electron chi connectivity index (χ0n) is 20.8. The van der Waals surface area contributed by atoms with Crippen molar-refractivity contribution < 1.29 is 8.42 Å². The molecule has 2 saturated heterocycles. The molecule has 6 heterocycles. The van der Waals surface area contributed by atoms with Gasteiger partial charge in [-0.25, -0.2) is 13.4 Å². The molecule has 6 rings (SSSR count). The van der Waals surface area contributed by atoms with Crippen LogP contribution in [0.4, 0.5) is 17.5 Å². The van der Waals surface area contributed by atoms with Gasteiger partial charge in [0.15, 0.2) is 15.7 Å². The fraction of sp³-hybridized carbons (Fsp3) is 0.385. The summed E-state index contributed by atoms with van der Waals surface area (Å²) in [6, 6.07) is 10.8. The first kappa shape index (κ1) is 23.8. The number of fused-ring (bicyclic) bond motifs is 3. The molecule has 0 amide bonds. The summed E-state index contributed by atoms with van der Waals surface area (Å²) in [5, 5.41) is 14.8. The van der Waals surface area contributed by atoms with E-state index in [9.17, 15) is 8.42 Å². The van der Waals surface area contributed by atoms with Crippen LogP contribution in [0.5, 0.6) is 0 Å². The first-order chi connectivity index (χ1) is 17.8. The summed E-state index contributed by atoms with van der Waals surface area (Å²) in [4.78, 5) is 16.3. The number of pyridine rings is 3. The van der Waals surface area contributed by atoms with Crippen molar-refractivity contribution in [3.8, 4) is 0 Å². The Balaban J connectivity index is 1.29. The largest absolute Gasteiger partial charge is 0.367 e. The minimum atomic E-state index is -3.40. The van der Waals surface area contributed by atoms with E-state index in [1.165, 1.54) is 30.9 Å². The quantitative estimate of drug-likeness (QED) is 0.334. The first-order valence-electron chi connectivity index (χ1n) is 12.5. The minimum Gasteiger partial charge on any atom is -0.367 e. The molecule has 11 heteroatoms. The number of aryl methyl sites for hydroxylation is 1. The van der Waals surface area contributed by atoms with E-state index in [4.69, 9.17) is 4.98 Å². The van der Waals surface area contributed by atoms with Crippen LogP contribution in [-0.4, -0.2) is 62.8 Å². The van der Waals surface area contributed by atoms with Gasteiger partial charge in [-0.05, 0) is 56.4 Å². The molecule has 37 heavy (non-hydrogen) atoms. The molecule has 0 radical (unpaired) electrons. The summed E-state index contributed by atoms with van der Waals surface area (Å²) < 4.78 is 24.5. The van der Waals surface area contributed by atoms with Gasteiger partial charge in [0.1, 0.15) is 11.6 Å². The number of sulfone groups is 1. The smallest absolute Gasteiger partial charge is 0.177 e. The lowest BCUT2D eigenvalue weighted by molar-refractivity contribution is 0.124. The van der Waals surface area contributed by atoms with Crippen LogP contribution in [0, 0.1) is 6.92 Å². The molecule has 3 N–H and O–H groups in total. The summed E-state index contributed by atoms with van der Waals surface area (Å²) >= 11 is 0. The Hall–Kier alpha value is -3.57. The van der Waals surface area contributed by atoms with E-state index in [0.717, 1.165) is 25.1 Å². The van der Waals surface area contributed by atoms with Gasteiger partial charge in [0.05, 0.1) is 10.4 Å². The maximum absolute atomic E-state index is 12.3. The van der Waals surface area contributed by atoms with Gasteiger partial charge in [-0.1, -0.05) is 0 Å². The highest BCUT2D eigenvalue weighted by Crippen LogP contribution is 2.38. The Kier molecular flexibility index (Phi) is 6.04. The third kappa shape index (κ3) is 5.01. The van der Waals surface area contributed by atoms with Gasteiger partial charge in [-0.3, -0.25) is 20.0 Å². The number of aromatic nitrogens is 5. The Morgan fingerprint density at radius 2 is 1.84 bits per heavy atom. The average Bonchev–Trinajstić information content (AvgIpc) is 3.37. The Labute approximate surface area is 215 Å². The highest BCUT2D eigenvalue weighted by Gasteiger charge is 2.40. The molecular weight excluding hydrogens is 488 g/mol. The molecular formula is C26H30N8O2S.